The smallest absolute Gasteiger partial charge is 0.0810 e. The van der Waals surface area contributed by atoms with E-state index in [1.807, 2.05) is 6.07 Å². The SMILES string of the molecule is O[C@H]1CCCc2nccc(CCl)c21. The van der Waals surface area contributed by atoms with E-state index in [9.17, 15) is 5.11 Å². The van der Waals surface area contributed by atoms with Crippen LogP contribution in [0.15, 0.2) is 12.3 Å². The van der Waals surface area contributed by atoms with Crippen molar-refractivity contribution in [1.82, 2.24) is 4.98 Å². The van der Waals surface area contributed by atoms with Crippen molar-refractivity contribution in [2.75, 3.05) is 0 Å². The number of halogens is 1. The lowest BCUT2D eigenvalue weighted by Crippen LogP contribution is -2.13. The Morgan fingerprint density at radius 1 is 1.62 bits per heavy atom. The Bertz CT molecular complexity index is 300. The van der Waals surface area contributed by atoms with Crippen LogP contribution in [0.1, 0.15) is 35.8 Å². The molecule has 3 heteroatoms. The molecule has 0 fully saturated rings. The molecule has 2 rings (SSSR count). The van der Waals surface area contributed by atoms with E-state index in [0.29, 0.717) is 5.88 Å². The number of hydrogen-bond donors (Lipinski definition) is 1. The molecule has 0 bridgehead atoms. The van der Waals surface area contributed by atoms with Gasteiger partial charge in [0, 0.05) is 23.3 Å². The Morgan fingerprint density at radius 3 is 3.23 bits per heavy atom. The zero-order chi connectivity index (χ0) is 9.26. The summed E-state index contributed by atoms with van der Waals surface area (Å²) in [4.78, 5) is 4.26. The van der Waals surface area contributed by atoms with Crippen LogP contribution in [0.5, 0.6) is 0 Å². The maximum absolute atomic E-state index is 9.77. The maximum atomic E-state index is 9.77. The second-order valence-electron chi connectivity index (χ2n) is 3.37. The van der Waals surface area contributed by atoms with Crippen LogP contribution < -0.4 is 0 Å². The predicted octanol–water partition coefficient (Wildman–Crippen LogP) is 2.19. The molecule has 1 aromatic heterocycles. The van der Waals surface area contributed by atoms with E-state index >= 15 is 0 Å². The molecule has 1 aliphatic rings. The van der Waals surface area contributed by atoms with Gasteiger partial charge in [0.1, 0.15) is 0 Å². The molecule has 70 valence electrons. The van der Waals surface area contributed by atoms with E-state index < -0.39 is 0 Å². The third-order valence-electron chi connectivity index (χ3n) is 2.53. The maximum Gasteiger partial charge on any atom is 0.0810 e. The van der Waals surface area contributed by atoms with Gasteiger partial charge in [-0.25, -0.2) is 0 Å². The molecule has 0 aromatic carbocycles. The number of aliphatic hydroxyl groups is 1. The fourth-order valence-corrected chi connectivity index (χ4v) is 2.12. The molecule has 0 amide bonds. The molecule has 0 radical (unpaired) electrons. The van der Waals surface area contributed by atoms with Crippen LogP contribution in [-0.2, 0) is 12.3 Å². The molecule has 2 nitrogen and oxygen atoms in total. The lowest BCUT2D eigenvalue weighted by atomic mass is 9.90. The van der Waals surface area contributed by atoms with E-state index in [4.69, 9.17) is 11.6 Å². The van der Waals surface area contributed by atoms with Gasteiger partial charge in [-0.3, -0.25) is 4.98 Å². The Hall–Kier alpha value is -0.600. The Balaban J connectivity index is 2.50. The second-order valence-corrected chi connectivity index (χ2v) is 3.64. The molecular weight excluding hydrogens is 186 g/mol. The highest BCUT2D eigenvalue weighted by molar-refractivity contribution is 6.17. The monoisotopic (exact) mass is 197 g/mol. The van der Waals surface area contributed by atoms with Crippen molar-refractivity contribution in [2.24, 2.45) is 0 Å². The third kappa shape index (κ3) is 1.56. The summed E-state index contributed by atoms with van der Waals surface area (Å²) in [5.41, 5.74) is 3.03. The molecule has 13 heavy (non-hydrogen) atoms. The minimum absolute atomic E-state index is 0.355. The standard InChI is InChI=1S/C10H12ClNO/c11-6-7-4-5-12-8-2-1-3-9(13)10(7)8/h4-5,9,13H,1-3,6H2/t9-/m0/s1. The van der Waals surface area contributed by atoms with Gasteiger partial charge in [-0.15, -0.1) is 11.6 Å². The van der Waals surface area contributed by atoms with E-state index in [1.54, 1.807) is 6.20 Å². The number of alkyl halides is 1. The number of rotatable bonds is 1. The normalized spacial score (nSPS) is 21.2. The number of nitrogens with zero attached hydrogens (tertiary/aromatic N) is 1. The lowest BCUT2D eigenvalue weighted by molar-refractivity contribution is 0.154. The van der Waals surface area contributed by atoms with E-state index in [0.717, 1.165) is 36.1 Å². The summed E-state index contributed by atoms with van der Waals surface area (Å²) in [5.74, 6) is 0.460. The second kappa shape index (κ2) is 3.64. The van der Waals surface area contributed by atoms with Crippen LogP contribution >= 0.6 is 11.6 Å². The van der Waals surface area contributed by atoms with Gasteiger partial charge in [0.15, 0.2) is 0 Å². The van der Waals surface area contributed by atoms with Gasteiger partial charge in [-0.05, 0) is 30.9 Å². The molecular formula is C10H12ClNO. The first-order chi connectivity index (χ1) is 6.33. The van der Waals surface area contributed by atoms with Crippen LogP contribution in [0.4, 0.5) is 0 Å². The molecule has 0 saturated carbocycles. The molecule has 1 atom stereocenters. The van der Waals surface area contributed by atoms with Crippen LogP contribution in [0.25, 0.3) is 0 Å². The van der Waals surface area contributed by atoms with E-state index in [1.165, 1.54) is 0 Å². The number of pyridine rings is 1. The van der Waals surface area contributed by atoms with Gasteiger partial charge < -0.3 is 5.11 Å². The fraction of sp³-hybridized carbons (Fsp3) is 0.500. The zero-order valence-corrected chi connectivity index (χ0v) is 8.09. The summed E-state index contributed by atoms with van der Waals surface area (Å²) in [5, 5.41) is 9.77. The van der Waals surface area contributed by atoms with Crippen molar-refractivity contribution in [3.63, 3.8) is 0 Å². The zero-order valence-electron chi connectivity index (χ0n) is 7.33. The predicted molar refractivity (Wildman–Crippen MR) is 51.7 cm³/mol. The van der Waals surface area contributed by atoms with Gasteiger partial charge in [0.25, 0.3) is 0 Å². The van der Waals surface area contributed by atoms with Crippen molar-refractivity contribution in [3.05, 3.63) is 29.1 Å². The molecule has 1 N–H and O–H groups in total. The first-order valence-electron chi connectivity index (χ1n) is 4.53. The summed E-state index contributed by atoms with van der Waals surface area (Å²) >= 11 is 5.79. The third-order valence-corrected chi connectivity index (χ3v) is 2.82. The van der Waals surface area contributed by atoms with E-state index in [2.05, 4.69) is 4.98 Å². The van der Waals surface area contributed by atoms with Crippen LogP contribution in [0.3, 0.4) is 0 Å². The number of aromatic nitrogens is 1. The van der Waals surface area contributed by atoms with E-state index in [-0.39, 0.29) is 6.10 Å². The summed E-state index contributed by atoms with van der Waals surface area (Å²) in [6.45, 7) is 0. The van der Waals surface area contributed by atoms with Crippen LogP contribution in [-0.4, -0.2) is 10.1 Å². The number of aryl methyl sites for hydroxylation is 1. The highest BCUT2D eigenvalue weighted by Crippen LogP contribution is 2.31. The minimum atomic E-state index is -0.355. The quantitative estimate of drug-likeness (QED) is 0.701. The summed E-state index contributed by atoms with van der Waals surface area (Å²) in [7, 11) is 0. The number of fused-ring (bicyclic) bond motifs is 1. The fourth-order valence-electron chi connectivity index (χ4n) is 1.89. The number of hydrogen-bond acceptors (Lipinski definition) is 2. The molecule has 0 aliphatic heterocycles. The summed E-state index contributed by atoms with van der Waals surface area (Å²) in [6, 6.07) is 1.89. The van der Waals surface area contributed by atoms with Crippen LogP contribution in [0.2, 0.25) is 0 Å². The molecule has 1 aromatic rings. The Morgan fingerprint density at radius 2 is 2.46 bits per heavy atom. The average Bonchev–Trinajstić information content (AvgIpc) is 2.17. The molecule has 1 aliphatic carbocycles. The largest absolute Gasteiger partial charge is 0.388 e. The summed E-state index contributed by atoms with van der Waals surface area (Å²) in [6.07, 6.45) is 4.24. The number of aliphatic hydroxyl groups excluding tert-OH is 1. The topological polar surface area (TPSA) is 33.1 Å². The van der Waals surface area contributed by atoms with Gasteiger partial charge in [0.2, 0.25) is 0 Å². The molecule has 0 spiro atoms. The highest BCUT2D eigenvalue weighted by Gasteiger charge is 2.21. The van der Waals surface area contributed by atoms with Gasteiger partial charge in [0.05, 0.1) is 6.10 Å². The van der Waals surface area contributed by atoms with Gasteiger partial charge in [-0.1, -0.05) is 0 Å². The highest BCUT2D eigenvalue weighted by atomic mass is 35.5. The van der Waals surface area contributed by atoms with Crippen molar-refractivity contribution >= 4 is 11.6 Å². The Labute approximate surface area is 82.6 Å². The first-order valence-corrected chi connectivity index (χ1v) is 5.07. The van der Waals surface area contributed by atoms with Crippen molar-refractivity contribution in [1.29, 1.82) is 0 Å². The Kier molecular flexibility index (Phi) is 2.51. The minimum Gasteiger partial charge on any atom is -0.388 e. The van der Waals surface area contributed by atoms with Gasteiger partial charge >= 0.3 is 0 Å². The average molecular weight is 198 g/mol. The van der Waals surface area contributed by atoms with Crippen LogP contribution in [0, 0.1) is 0 Å². The first kappa shape index (κ1) is 8.97. The van der Waals surface area contributed by atoms with Crippen molar-refractivity contribution in [2.45, 2.75) is 31.2 Å². The van der Waals surface area contributed by atoms with Crippen molar-refractivity contribution in [3.8, 4) is 0 Å². The lowest BCUT2D eigenvalue weighted by Gasteiger charge is -2.22. The summed E-state index contributed by atoms with van der Waals surface area (Å²) < 4.78 is 0. The van der Waals surface area contributed by atoms with Crippen molar-refractivity contribution < 1.29 is 5.11 Å². The van der Waals surface area contributed by atoms with Gasteiger partial charge in [-0.2, -0.15) is 0 Å². The molecule has 1 heterocycles. The molecule has 0 unspecified atom stereocenters. The molecule has 0 saturated heterocycles.